The van der Waals surface area contributed by atoms with Gasteiger partial charge in [0, 0.05) is 0 Å². The fourth-order valence-electron chi connectivity index (χ4n) is 2.64. The Morgan fingerprint density at radius 1 is 1.00 bits per heavy atom. The summed E-state index contributed by atoms with van der Waals surface area (Å²) in [6.07, 6.45) is 2.98. The Morgan fingerprint density at radius 3 is 2.57 bits per heavy atom. The number of para-hydroxylation sites is 1. The molecule has 0 aliphatic carbocycles. The number of anilines is 1. The molecule has 138 valence electrons. The highest BCUT2D eigenvalue weighted by Gasteiger charge is 2.36. The fraction of sp³-hybridized carbons (Fsp3) is 0. The third-order valence-corrected chi connectivity index (χ3v) is 4.77. The fourth-order valence-corrected chi connectivity index (χ4v) is 3.48. The van der Waals surface area contributed by atoms with Crippen LogP contribution in [0.2, 0.25) is 0 Å². The largest absolute Gasteiger partial charge is 0.457 e. The van der Waals surface area contributed by atoms with Crippen LogP contribution in [0.5, 0.6) is 5.75 Å². The molecule has 4 rings (SSSR count). The third kappa shape index (κ3) is 3.60. The number of amides is 2. The number of carbonyl (C=O) groups is 3. The van der Waals surface area contributed by atoms with Gasteiger partial charge in [0.1, 0.15) is 5.75 Å². The first-order chi connectivity index (χ1) is 13.6. The van der Waals surface area contributed by atoms with E-state index >= 15 is 0 Å². The average Bonchev–Trinajstić information content (AvgIpc) is 3.32. The van der Waals surface area contributed by atoms with Gasteiger partial charge in [-0.25, -0.2) is 9.69 Å². The number of esters is 1. The van der Waals surface area contributed by atoms with Crippen LogP contribution in [0.25, 0.3) is 6.08 Å². The van der Waals surface area contributed by atoms with Crippen LogP contribution in [-0.4, -0.2) is 17.1 Å². The summed E-state index contributed by atoms with van der Waals surface area (Å²) in [6.45, 7) is 0. The van der Waals surface area contributed by atoms with Crippen molar-refractivity contribution in [2.75, 3.05) is 4.90 Å². The van der Waals surface area contributed by atoms with Crippen LogP contribution in [0.3, 0.4) is 0 Å². The molecule has 6 nitrogen and oxygen atoms in total. The van der Waals surface area contributed by atoms with Crippen molar-refractivity contribution < 1.29 is 23.5 Å². The molecule has 1 saturated heterocycles. The van der Waals surface area contributed by atoms with Gasteiger partial charge in [-0.05, 0) is 59.8 Å². The van der Waals surface area contributed by atoms with E-state index in [0.29, 0.717) is 21.9 Å². The van der Waals surface area contributed by atoms with Gasteiger partial charge >= 0.3 is 5.97 Å². The zero-order valence-corrected chi connectivity index (χ0v) is 15.2. The van der Waals surface area contributed by atoms with Gasteiger partial charge in [0.15, 0.2) is 0 Å². The molecular formula is C21H13NO5S. The van der Waals surface area contributed by atoms with E-state index in [1.807, 2.05) is 6.07 Å². The van der Waals surface area contributed by atoms with Crippen molar-refractivity contribution in [3.05, 3.63) is 89.2 Å². The van der Waals surface area contributed by atoms with E-state index in [4.69, 9.17) is 9.15 Å². The highest BCUT2D eigenvalue weighted by Crippen LogP contribution is 2.35. The Kier molecular flexibility index (Phi) is 4.82. The molecule has 0 bridgehead atoms. The normalized spacial score (nSPS) is 15.3. The lowest BCUT2D eigenvalue weighted by Gasteiger charge is -2.11. The third-order valence-electron chi connectivity index (χ3n) is 3.90. The molecule has 3 aromatic rings. The van der Waals surface area contributed by atoms with Gasteiger partial charge in [0.05, 0.1) is 16.9 Å². The van der Waals surface area contributed by atoms with Crippen molar-refractivity contribution in [2.45, 2.75) is 0 Å². The summed E-state index contributed by atoms with van der Waals surface area (Å²) in [5.74, 6) is -0.613. The zero-order chi connectivity index (χ0) is 19.5. The molecule has 1 aliphatic rings. The maximum atomic E-state index is 12.7. The van der Waals surface area contributed by atoms with E-state index in [0.717, 1.165) is 16.7 Å². The van der Waals surface area contributed by atoms with Gasteiger partial charge in [-0.15, -0.1) is 0 Å². The van der Waals surface area contributed by atoms with Crippen molar-refractivity contribution in [3.63, 3.8) is 0 Å². The topological polar surface area (TPSA) is 76.8 Å². The molecule has 7 heteroatoms. The maximum Gasteiger partial charge on any atom is 0.379 e. The second-order valence-electron chi connectivity index (χ2n) is 5.79. The van der Waals surface area contributed by atoms with Crippen molar-refractivity contribution in [2.24, 2.45) is 0 Å². The van der Waals surface area contributed by atoms with E-state index in [9.17, 15) is 14.4 Å². The Morgan fingerprint density at radius 2 is 1.82 bits per heavy atom. The van der Waals surface area contributed by atoms with Crippen molar-refractivity contribution in [3.8, 4) is 5.75 Å². The van der Waals surface area contributed by atoms with Crippen LogP contribution >= 0.6 is 11.8 Å². The average molecular weight is 391 g/mol. The molecule has 2 aromatic carbocycles. The summed E-state index contributed by atoms with van der Waals surface area (Å²) in [6, 6.07) is 18.5. The van der Waals surface area contributed by atoms with Gasteiger partial charge in [0.2, 0.25) is 5.76 Å². The first kappa shape index (κ1) is 17.8. The van der Waals surface area contributed by atoms with E-state index in [1.165, 1.54) is 12.3 Å². The minimum Gasteiger partial charge on any atom is -0.457 e. The quantitative estimate of drug-likeness (QED) is 0.363. The molecule has 0 atom stereocenters. The number of rotatable bonds is 4. The summed E-state index contributed by atoms with van der Waals surface area (Å²) in [4.78, 5) is 38.4. The lowest BCUT2D eigenvalue weighted by Crippen LogP contribution is -2.27. The Hall–Kier alpha value is -3.58. The molecule has 0 N–H and O–H groups in total. The maximum absolute atomic E-state index is 12.7. The number of ether oxygens (including phenoxy) is 1. The number of benzene rings is 2. The Balaban J connectivity index is 1.55. The van der Waals surface area contributed by atoms with Crippen LogP contribution in [0, 0.1) is 0 Å². The van der Waals surface area contributed by atoms with E-state index in [-0.39, 0.29) is 16.9 Å². The molecular weight excluding hydrogens is 378 g/mol. The minimum absolute atomic E-state index is 0.0920. The first-order valence-electron chi connectivity index (χ1n) is 8.30. The number of nitrogens with zero attached hydrogens (tertiary/aromatic N) is 1. The lowest BCUT2D eigenvalue weighted by molar-refractivity contribution is -0.113. The molecule has 2 heterocycles. The highest BCUT2D eigenvalue weighted by atomic mass is 32.2. The van der Waals surface area contributed by atoms with E-state index in [1.54, 1.807) is 60.7 Å². The number of thioether (sulfide) groups is 1. The monoisotopic (exact) mass is 391 g/mol. The molecule has 0 spiro atoms. The van der Waals surface area contributed by atoms with E-state index in [2.05, 4.69) is 0 Å². The number of carbonyl (C=O) groups excluding carboxylic acids is 3. The van der Waals surface area contributed by atoms with Crippen LogP contribution in [0.15, 0.2) is 82.3 Å². The van der Waals surface area contributed by atoms with Gasteiger partial charge in [-0.3, -0.25) is 9.59 Å². The molecule has 28 heavy (non-hydrogen) atoms. The summed E-state index contributed by atoms with van der Waals surface area (Å²) in [5, 5.41) is -0.358. The highest BCUT2D eigenvalue weighted by molar-refractivity contribution is 8.19. The number of hydrogen-bond donors (Lipinski definition) is 0. The summed E-state index contributed by atoms with van der Waals surface area (Å²) in [7, 11) is 0. The minimum atomic E-state index is -0.619. The summed E-state index contributed by atoms with van der Waals surface area (Å²) >= 11 is 0.865. The number of imide groups is 1. The van der Waals surface area contributed by atoms with Crippen LogP contribution < -0.4 is 9.64 Å². The van der Waals surface area contributed by atoms with Gasteiger partial charge in [-0.2, -0.15) is 0 Å². The van der Waals surface area contributed by atoms with Crippen molar-refractivity contribution in [1.82, 2.24) is 0 Å². The second kappa shape index (κ2) is 7.58. The standard InChI is InChI=1S/C21H13NO5S/c23-19-18(28-21(25)22(19)15-7-2-1-3-8-15)13-14-6-4-9-16(12-14)27-20(24)17-10-5-11-26-17/h1-13H/b18-13+. The Labute approximate surface area is 164 Å². The van der Waals surface area contributed by atoms with Gasteiger partial charge in [-0.1, -0.05) is 30.3 Å². The SMILES string of the molecule is O=C(Oc1cccc(/C=C2/SC(=O)N(c3ccccc3)C2=O)c1)c1ccco1. The van der Waals surface area contributed by atoms with Crippen molar-refractivity contribution >= 4 is 40.6 Å². The molecule has 0 saturated carbocycles. The predicted octanol–water partition coefficient (Wildman–Crippen LogP) is 4.74. The molecule has 1 aliphatic heterocycles. The van der Waals surface area contributed by atoms with Crippen LogP contribution in [-0.2, 0) is 4.79 Å². The molecule has 1 fully saturated rings. The molecule has 1 aromatic heterocycles. The van der Waals surface area contributed by atoms with Crippen LogP contribution in [0.1, 0.15) is 16.1 Å². The number of hydrogen-bond acceptors (Lipinski definition) is 6. The lowest BCUT2D eigenvalue weighted by atomic mass is 10.2. The zero-order valence-electron chi connectivity index (χ0n) is 14.4. The van der Waals surface area contributed by atoms with Gasteiger partial charge in [0.25, 0.3) is 11.1 Å². The molecule has 2 amide bonds. The second-order valence-corrected chi connectivity index (χ2v) is 6.79. The Bertz CT molecular complexity index is 1070. The first-order valence-corrected chi connectivity index (χ1v) is 9.12. The van der Waals surface area contributed by atoms with Crippen molar-refractivity contribution in [1.29, 1.82) is 0 Å². The smallest absolute Gasteiger partial charge is 0.379 e. The number of furan rings is 1. The summed E-state index contributed by atoms with van der Waals surface area (Å²) < 4.78 is 10.3. The van der Waals surface area contributed by atoms with E-state index < -0.39 is 5.97 Å². The molecule has 0 unspecified atom stereocenters. The van der Waals surface area contributed by atoms with Gasteiger partial charge < -0.3 is 9.15 Å². The molecule has 0 radical (unpaired) electrons. The summed E-state index contributed by atoms with van der Waals surface area (Å²) in [5.41, 5.74) is 1.15. The van der Waals surface area contributed by atoms with Crippen LogP contribution in [0.4, 0.5) is 10.5 Å². The predicted molar refractivity (Wildman–Crippen MR) is 105 cm³/mol.